The molecule has 0 aliphatic heterocycles. The molecule has 0 spiro atoms. The van der Waals surface area contributed by atoms with Crippen LogP contribution in [0.4, 0.5) is 13.2 Å². The molecular weight excluding hydrogens is 283 g/mol. The van der Waals surface area contributed by atoms with Crippen LogP contribution in [0.15, 0.2) is 0 Å². The highest BCUT2D eigenvalue weighted by Crippen LogP contribution is 2.39. The fourth-order valence-corrected chi connectivity index (χ4v) is 3.52. The molecule has 0 bridgehead atoms. The normalized spacial score (nSPS) is 34.5. The smallest absolute Gasteiger partial charge is 0.391 e. The molecule has 0 heterocycles. The molecule has 0 aromatic carbocycles. The highest BCUT2D eigenvalue weighted by Gasteiger charge is 2.42. The van der Waals surface area contributed by atoms with Crippen LogP contribution in [-0.2, 0) is 4.79 Å². The Kier molecular flexibility index (Phi) is 5.52. The van der Waals surface area contributed by atoms with E-state index in [1.807, 2.05) is 0 Å². The number of hydrogen-bond donors (Lipinski definition) is 2. The largest absolute Gasteiger partial charge is 0.393 e. The topological polar surface area (TPSA) is 49.3 Å². The van der Waals surface area contributed by atoms with E-state index in [1.165, 1.54) is 0 Å². The molecule has 6 heteroatoms. The van der Waals surface area contributed by atoms with Crippen molar-refractivity contribution in [2.24, 2.45) is 17.8 Å². The second kappa shape index (κ2) is 6.99. The van der Waals surface area contributed by atoms with E-state index in [4.69, 9.17) is 0 Å². The van der Waals surface area contributed by atoms with Gasteiger partial charge in [0.1, 0.15) is 0 Å². The van der Waals surface area contributed by atoms with Gasteiger partial charge in [0.25, 0.3) is 0 Å². The average Bonchev–Trinajstić information content (AvgIpc) is 2.44. The van der Waals surface area contributed by atoms with Crippen molar-refractivity contribution in [1.82, 2.24) is 5.32 Å². The van der Waals surface area contributed by atoms with Crippen molar-refractivity contribution in [2.45, 2.75) is 63.6 Å². The van der Waals surface area contributed by atoms with E-state index in [9.17, 15) is 23.1 Å². The third-order valence-electron chi connectivity index (χ3n) is 4.88. The number of rotatable bonds is 3. The zero-order valence-electron chi connectivity index (χ0n) is 12.2. The zero-order valence-corrected chi connectivity index (χ0v) is 12.2. The number of carbonyl (C=O) groups excluding carboxylic acids is 1. The van der Waals surface area contributed by atoms with Gasteiger partial charge in [0.15, 0.2) is 0 Å². The lowest BCUT2D eigenvalue weighted by atomic mass is 9.81. The highest BCUT2D eigenvalue weighted by atomic mass is 19.4. The van der Waals surface area contributed by atoms with E-state index >= 15 is 0 Å². The Balaban J connectivity index is 1.70. The SMILES string of the molecule is O=C(NCC1CCCC(O)C1)C1CCC(C(F)(F)F)CC1. The van der Waals surface area contributed by atoms with Crippen LogP contribution in [0.2, 0.25) is 0 Å². The summed E-state index contributed by atoms with van der Waals surface area (Å²) < 4.78 is 37.7. The van der Waals surface area contributed by atoms with Crippen LogP contribution >= 0.6 is 0 Å². The van der Waals surface area contributed by atoms with Crippen LogP contribution in [-0.4, -0.2) is 29.8 Å². The maximum absolute atomic E-state index is 12.6. The second-order valence-corrected chi connectivity index (χ2v) is 6.52. The number of halogens is 3. The van der Waals surface area contributed by atoms with E-state index in [1.54, 1.807) is 0 Å². The Hall–Kier alpha value is -0.780. The van der Waals surface area contributed by atoms with E-state index in [-0.39, 0.29) is 30.8 Å². The van der Waals surface area contributed by atoms with Gasteiger partial charge in [-0.05, 0) is 50.9 Å². The molecule has 2 atom stereocenters. The van der Waals surface area contributed by atoms with Crippen LogP contribution in [0.25, 0.3) is 0 Å². The number of amides is 1. The number of alkyl halides is 3. The van der Waals surface area contributed by atoms with Gasteiger partial charge in [-0.3, -0.25) is 4.79 Å². The summed E-state index contributed by atoms with van der Waals surface area (Å²) in [4.78, 5) is 12.0. The van der Waals surface area contributed by atoms with Crippen LogP contribution in [0.3, 0.4) is 0 Å². The molecule has 2 N–H and O–H groups in total. The van der Waals surface area contributed by atoms with Crippen molar-refractivity contribution < 1.29 is 23.1 Å². The molecule has 21 heavy (non-hydrogen) atoms. The van der Waals surface area contributed by atoms with Crippen LogP contribution in [0.5, 0.6) is 0 Å². The second-order valence-electron chi connectivity index (χ2n) is 6.52. The van der Waals surface area contributed by atoms with Gasteiger partial charge in [0.2, 0.25) is 5.91 Å². The summed E-state index contributed by atoms with van der Waals surface area (Å²) in [6, 6.07) is 0. The standard InChI is InChI=1S/C15H24F3NO2/c16-15(17,18)12-6-4-11(5-7-12)14(21)19-9-10-2-1-3-13(20)8-10/h10-13,20H,1-9H2,(H,19,21). The van der Waals surface area contributed by atoms with E-state index in [0.717, 1.165) is 19.3 Å². The Morgan fingerprint density at radius 2 is 1.76 bits per heavy atom. The van der Waals surface area contributed by atoms with E-state index < -0.39 is 12.1 Å². The first-order valence-corrected chi connectivity index (χ1v) is 7.88. The van der Waals surface area contributed by atoms with Crippen molar-refractivity contribution >= 4 is 5.91 Å². The number of hydrogen-bond acceptors (Lipinski definition) is 2. The Morgan fingerprint density at radius 1 is 1.10 bits per heavy atom. The third kappa shape index (κ3) is 4.87. The first-order chi connectivity index (χ1) is 9.86. The minimum Gasteiger partial charge on any atom is -0.393 e. The summed E-state index contributed by atoms with van der Waals surface area (Å²) in [5.41, 5.74) is 0. The highest BCUT2D eigenvalue weighted by molar-refractivity contribution is 5.78. The van der Waals surface area contributed by atoms with Crippen molar-refractivity contribution in [1.29, 1.82) is 0 Å². The molecule has 0 aromatic heterocycles. The molecular formula is C15H24F3NO2. The average molecular weight is 307 g/mol. The predicted molar refractivity (Wildman–Crippen MR) is 72.5 cm³/mol. The minimum absolute atomic E-state index is 0.0593. The fourth-order valence-electron chi connectivity index (χ4n) is 3.52. The van der Waals surface area contributed by atoms with E-state index in [0.29, 0.717) is 31.7 Å². The summed E-state index contributed by atoms with van der Waals surface area (Å²) in [5.74, 6) is -1.34. The molecule has 2 aliphatic rings. The fraction of sp³-hybridized carbons (Fsp3) is 0.933. The summed E-state index contributed by atoms with van der Waals surface area (Å²) in [7, 11) is 0. The molecule has 2 aliphatic carbocycles. The summed E-state index contributed by atoms with van der Waals surface area (Å²) >= 11 is 0. The predicted octanol–water partition coefficient (Wildman–Crippen LogP) is 3.02. The first-order valence-electron chi connectivity index (χ1n) is 7.88. The lowest BCUT2D eigenvalue weighted by Gasteiger charge is -2.30. The van der Waals surface area contributed by atoms with Crippen LogP contribution in [0.1, 0.15) is 51.4 Å². The number of aliphatic hydroxyl groups excluding tert-OH is 1. The molecule has 0 aromatic rings. The van der Waals surface area contributed by atoms with Gasteiger partial charge in [-0.25, -0.2) is 0 Å². The Labute approximate surface area is 123 Å². The lowest BCUT2D eigenvalue weighted by Crippen LogP contribution is -2.39. The monoisotopic (exact) mass is 307 g/mol. The van der Waals surface area contributed by atoms with Gasteiger partial charge in [-0.2, -0.15) is 13.2 Å². The maximum Gasteiger partial charge on any atom is 0.391 e. The van der Waals surface area contributed by atoms with Crippen molar-refractivity contribution in [2.75, 3.05) is 6.54 Å². The lowest BCUT2D eigenvalue weighted by molar-refractivity contribution is -0.184. The van der Waals surface area contributed by atoms with Gasteiger partial charge in [0.05, 0.1) is 12.0 Å². The molecule has 2 fully saturated rings. The summed E-state index contributed by atoms with van der Waals surface area (Å²) in [6.45, 7) is 0.537. The van der Waals surface area contributed by atoms with Crippen molar-refractivity contribution in [3.63, 3.8) is 0 Å². The van der Waals surface area contributed by atoms with Crippen LogP contribution < -0.4 is 5.32 Å². The zero-order chi connectivity index (χ0) is 15.5. The van der Waals surface area contributed by atoms with Crippen molar-refractivity contribution in [3.05, 3.63) is 0 Å². The molecule has 122 valence electrons. The van der Waals surface area contributed by atoms with Gasteiger partial charge < -0.3 is 10.4 Å². The van der Waals surface area contributed by atoms with Gasteiger partial charge in [0, 0.05) is 12.5 Å². The van der Waals surface area contributed by atoms with E-state index in [2.05, 4.69) is 5.32 Å². The van der Waals surface area contributed by atoms with Gasteiger partial charge in [-0.1, -0.05) is 6.42 Å². The number of nitrogens with one attached hydrogen (secondary N) is 1. The number of carbonyl (C=O) groups is 1. The molecule has 2 saturated carbocycles. The van der Waals surface area contributed by atoms with Crippen molar-refractivity contribution in [3.8, 4) is 0 Å². The third-order valence-corrected chi connectivity index (χ3v) is 4.88. The first kappa shape index (κ1) is 16.6. The molecule has 1 amide bonds. The molecule has 2 rings (SSSR count). The molecule has 2 unspecified atom stereocenters. The Bertz CT molecular complexity index is 351. The summed E-state index contributed by atoms with van der Waals surface area (Å²) in [6.07, 6.45) is -0.133. The Morgan fingerprint density at radius 3 is 2.33 bits per heavy atom. The number of aliphatic hydroxyl groups is 1. The van der Waals surface area contributed by atoms with Crippen LogP contribution in [0, 0.1) is 17.8 Å². The summed E-state index contributed by atoms with van der Waals surface area (Å²) in [5, 5.41) is 12.4. The van der Waals surface area contributed by atoms with Gasteiger partial charge in [-0.15, -0.1) is 0 Å². The van der Waals surface area contributed by atoms with Gasteiger partial charge >= 0.3 is 6.18 Å². The minimum atomic E-state index is -4.13. The maximum atomic E-state index is 12.6. The quantitative estimate of drug-likeness (QED) is 0.842. The molecule has 3 nitrogen and oxygen atoms in total. The molecule has 0 saturated heterocycles. The molecule has 0 radical (unpaired) electrons.